The summed E-state index contributed by atoms with van der Waals surface area (Å²) in [5, 5.41) is 9.74. The molecule has 0 aliphatic carbocycles. The first-order valence-electron chi connectivity index (χ1n) is 12.7. The summed E-state index contributed by atoms with van der Waals surface area (Å²) in [5.41, 5.74) is 0.0818. The maximum atomic E-state index is 13.6. The zero-order chi connectivity index (χ0) is 30.1. The molecule has 3 aromatic rings. The first-order chi connectivity index (χ1) is 19.2. The normalized spacial score (nSPS) is 18.8. The summed E-state index contributed by atoms with van der Waals surface area (Å²) in [6.07, 6.45) is 2.05. The number of hydrogen-bond donors (Lipinski definition) is 2. The van der Waals surface area contributed by atoms with Crippen LogP contribution in [0.25, 0.3) is 0 Å². The van der Waals surface area contributed by atoms with E-state index in [1.165, 1.54) is 47.2 Å². The molecule has 2 aromatic carbocycles. The van der Waals surface area contributed by atoms with Crippen molar-refractivity contribution in [3.05, 3.63) is 66.4 Å². The minimum absolute atomic E-state index is 0.0248. The first-order valence-corrected chi connectivity index (χ1v) is 15.6. The number of sulfonamides is 2. The molecule has 0 radical (unpaired) electrons. The van der Waals surface area contributed by atoms with Gasteiger partial charge in [0.15, 0.2) is 5.03 Å². The fourth-order valence-electron chi connectivity index (χ4n) is 4.37. The predicted octanol–water partition coefficient (Wildman–Crippen LogP) is 1.90. The van der Waals surface area contributed by atoms with Crippen LogP contribution in [0.2, 0.25) is 0 Å². The third-order valence-electron chi connectivity index (χ3n) is 6.83. The van der Waals surface area contributed by atoms with Gasteiger partial charge in [-0.1, -0.05) is 6.92 Å². The van der Waals surface area contributed by atoms with E-state index in [4.69, 9.17) is 4.74 Å². The lowest BCUT2D eigenvalue weighted by atomic mass is 9.99. The van der Waals surface area contributed by atoms with E-state index in [-0.39, 0.29) is 52.5 Å². The Kier molecular flexibility index (Phi) is 8.73. The summed E-state index contributed by atoms with van der Waals surface area (Å²) < 4.78 is 76.5. The van der Waals surface area contributed by atoms with Gasteiger partial charge >= 0.3 is 0 Å². The number of rotatable bonds is 9. The summed E-state index contributed by atoms with van der Waals surface area (Å²) in [5.74, 6) is -1.33. The molecule has 2 heterocycles. The number of hydrogen-bond acceptors (Lipinski definition) is 8. The van der Waals surface area contributed by atoms with Crippen LogP contribution in [-0.2, 0) is 27.1 Å². The van der Waals surface area contributed by atoms with Crippen molar-refractivity contribution in [2.24, 2.45) is 13.0 Å². The molecule has 0 unspecified atom stereocenters. The molecule has 3 atom stereocenters. The second-order valence-electron chi connectivity index (χ2n) is 10.1. The standard InChI is InChI=1S/C26H32FN5O7S2/c1-17-12-32(18(2)15-33)26(34)22-11-20(29-40(35,36)21-8-5-19(27)6-9-21)7-10-23(22)39-24(17)13-31(4)41(37,38)25-14-30(3)16-28-25/h5-11,14,16-18,24,29,33H,12-13,15H2,1-4H3/t17-,18-,24-/m1/s1. The molecule has 0 saturated heterocycles. The van der Waals surface area contributed by atoms with Gasteiger partial charge in [-0.3, -0.25) is 9.52 Å². The quantitative estimate of drug-likeness (QED) is 0.373. The molecule has 12 nitrogen and oxygen atoms in total. The first kappa shape index (κ1) is 30.4. The lowest BCUT2D eigenvalue weighted by Gasteiger charge is -2.38. The average Bonchev–Trinajstić information content (AvgIpc) is 3.37. The highest BCUT2D eigenvalue weighted by Gasteiger charge is 2.36. The Labute approximate surface area is 238 Å². The number of aromatic nitrogens is 2. The van der Waals surface area contributed by atoms with Gasteiger partial charge in [0.05, 0.1) is 36.0 Å². The molecular formula is C26H32FN5O7S2. The van der Waals surface area contributed by atoms with Gasteiger partial charge in [0.25, 0.3) is 26.0 Å². The molecule has 0 spiro atoms. The van der Waals surface area contributed by atoms with Crippen LogP contribution >= 0.6 is 0 Å². The number of amides is 1. The number of likely N-dealkylation sites (N-methyl/N-ethyl adjacent to an activating group) is 1. The van der Waals surface area contributed by atoms with E-state index >= 15 is 0 Å². The second kappa shape index (κ2) is 11.8. The molecule has 0 saturated carbocycles. The lowest BCUT2D eigenvalue weighted by Crippen LogP contribution is -2.50. The highest BCUT2D eigenvalue weighted by atomic mass is 32.2. The predicted molar refractivity (Wildman–Crippen MR) is 148 cm³/mol. The van der Waals surface area contributed by atoms with Crippen molar-refractivity contribution in [1.29, 1.82) is 0 Å². The molecule has 1 aromatic heterocycles. The molecule has 0 bridgehead atoms. The number of fused-ring (bicyclic) bond motifs is 1. The molecule has 1 aliphatic rings. The van der Waals surface area contributed by atoms with Crippen LogP contribution in [0.5, 0.6) is 5.75 Å². The van der Waals surface area contributed by atoms with E-state index in [9.17, 15) is 31.1 Å². The monoisotopic (exact) mass is 609 g/mol. The maximum Gasteiger partial charge on any atom is 0.261 e. The van der Waals surface area contributed by atoms with Gasteiger partial charge in [-0.05, 0) is 49.4 Å². The molecule has 222 valence electrons. The fourth-order valence-corrected chi connectivity index (χ4v) is 6.56. The average molecular weight is 610 g/mol. The molecule has 15 heteroatoms. The van der Waals surface area contributed by atoms with Crippen LogP contribution in [0, 0.1) is 11.7 Å². The fraction of sp³-hybridized carbons (Fsp3) is 0.385. The molecule has 2 N–H and O–H groups in total. The van der Waals surface area contributed by atoms with Crippen LogP contribution in [-0.4, -0.2) is 85.5 Å². The van der Waals surface area contributed by atoms with Gasteiger partial charge < -0.3 is 19.3 Å². The van der Waals surface area contributed by atoms with Crippen molar-refractivity contribution in [2.45, 2.75) is 35.9 Å². The molecular weight excluding hydrogens is 577 g/mol. The molecule has 4 rings (SSSR count). The van der Waals surface area contributed by atoms with Crippen LogP contribution in [0.3, 0.4) is 0 Å². The van der Waals surface area contributed by atoms with Crippen molar-refractivity contribution >= 4 is 31.6 Å². The van der Waals surface area contributed by atoms with E-state index < -0.39 is 43.9 Å². The number of carbonyl (C=O) groups excluding carboxylic acids is 1. The Morgan fingerprint density at radius 2 is 1.88 bits per heavy atom. The van der Waals surface area contributed by atoms with Crippen LogP contribution < -0.4 is 9.46 Å². The van der Waals surface area contributed by atoms with Gasteiger partial charge in [0.1, 0.15) is 17.7 Å². The van der Waals surface area contributed by atoms with E-state index in [1.54, 1.807) is 14.0 Å². The number of halogens is 1. The number of aliphatic hydroxyl groups excluding tert-OH is 1. The van der Waals surface area contributed by atoms with Crippen molar-refractivity contribution in [1.82, 2.24) is 18.8 Å². The van der Waals surface area contributed by atoms with E-state index in [2.05, 4.69) is 9.71 Å². The number of imidazole rings is 1. The Morgan fingerprint density at radius 1 is 1.20 bits per heavy atom. The summed E-state index contributed by atoms with van der Waals surface area (Å²) in [6, 6.07) is 7.83. The van der Waals surface area contributed by atoms with Crippen molar-refractivity contribution in [3.63, 3.8) is 0 Å². The summed E-state index contributed by atoms with van der Waals surface area (Å²) >= 11 is 0. The van der Waals surface area contributed by atoms with Gasteiger partial charge in [-0.25, -0.2) is 26.2 Å². The minimum Gasteiger partial charge on any atom is -0.488 e. The number of ether oxygens (including phenoxy) is 1. The molecule has 1 aliphatic heterocycles. The molecule has 0 fully saturated rings. The zero-order valence-electron chi connectivity index (χ0n) is 22.9. The van der Waals surface area contributed by atoms with E-state index in [0.717, 1.165) is 28.6 Å². The second-order valence-corrected chi connectivity index (χ2v) is 13.7. The van der Waals surface area contributed by atoms with Crippen LogP contribution in [0.15, 0.2) is 64.9 Å². The highest BCUT2D eigenvalue weighted by Crippen LogP contribution is 2.32. The number of aliphatic hydroxyl groups is 1. The van der Waals surface area contributed by atoms with Crippen LogP contribution in [0.1, 0.15) is 24.2 Å². The minimum atomic E-state index is -4.10. The smallest absolute Gasteiger partial charge is 0.261 e. The summed E-state index contributed by atoms with van der Waals surface area (Å²) in [7, 11) is -4.98. The van der Waals surface area contributed by atoms with Gasteiger partial charge in [0.2, 0.25) is 0 Å². The van der Waals surface area contributed by atoms with Crippen molar-refractivity contribution < 1.29 is 35.9 Å². The summed E-state index contributed by atoms with van der Waals surface area (Å²) in [6.45, 7) is 3.21. The number of benzene rings is 2. The van der Waals surface area contributed by atoms with Gasteiger partial charge in [-0.15, -0.1) is 0 Å². The maximum absolute atomic E-state index is 13.6. The molecule has 41 heavy (non-hydrogen) atoms. The van der Waals surface area contributed by atoms with Crippen LogP contribution in [0.4, 0.5) is 10.1 Å². The number of nitrogens with one attached hydrogen (secondary N) is 1. The summed E-state index contributed by atoms with van der Waals surface area (Å²) in [4.78, 5) is 18.9. The third-order valence-corrected chi connectivity index (χ3v) is 9.94. The SMILES string of the molecule is C[C@@H]1CN([C@H](C)CO)C(=O)c2cc(NS(=O)(=O)c3ccc(F)cc3)ccc2O[C@@H]1CN(C)S(=O)(=O)c1cn(C)cn1. The van der Waals surface area contributed by atoms with E-state index in [0.29, 0.717) is 0 Å². The highest BCUT2D eigenvalue weighted by molar-refractivity contribution is 7.92. The lowest BCUT2D eigenvalue weighted by molar-refractivity contribution is 0.0387. The zero-order valence-corrected chi connectivity index (χ0v) is 24.6. The largest absolute Gasteiger partial charge is 0.488 e. The number of carbonyl (C=O) groups is 1. The topological polar surface area (TPSA) is 151 Å². The van der Waals surface area contributed by atoms with Crippen molar-refractivity contribution in [2.75, 3.05) is 31.5 Å². The Hall–Kier alpha value is -3.53. The van der Waals surface area contributed by atoms with E-state index in [1.807, 2.05) is 6.92 Å². The Morgan fingerprint density at radius 3 is 2.49 bits per heavy atom. The molecule has 1 amide bonds. The van der Waals surface area contributed by atoms with Gasteiger partial charge in [-0.2, -0.15) is 4.31 Å². The Balaban J connectivity index is 1.68. The Bertz CT molecular complexity index is 1630. The van der Waals surface area contributed by atoms with Gasteiger partial charge in [0, 0.05) is 38.4 Å². The third kappa shape index (κ3) is 6.53. The number of anilines is 1. The number of nitrogens with zero attached hydrogens (tertiary/aromatic N) is 4. The van der Waals surface area contributed by atoms with Crippen molar-refractivity contribution in [3.8, 4) is 5.75 Å². The number of aryl methyl sites for hydroxylation is 1.